The van der Waals surface area contributed by atoms with Gasteiger partial charge in [-0.3, -0.25) is 10.1 Å². The quantitative estimate of drug-likeness (QED) is 0.793. The molecule has 0 radical (unpaired) electrons. The van der Waals surface area contributed by atoms with Crippen molar-refractivity contribution in [2.45, 2.75) is 0 Å². The van der Waals surface area contributed by atoms with E-state index in [1.165, 1.54) is 0 Å². The molecule has 3 aromatic rings. The zero-order valence-electron chi connectivity index (χ0n) is 12.8. The summed E-state index contributed by atoms with van der Waals surface area (Å²) in [6.07, 6.45) is 3.57. The second-order valence-corrected chi connectivity index (χ2v) is 5.37. The predicted molar refractivity (Wildman–Crippen MR) is 93.8 cm³/mol. The van der Waals surface area contributed by atoms with Gasteiger partial charge in [-0.05, 0) is 29.8 Å². The summed E-state index contributed by atoms with van der Waals surface area (Å²) in [6.45, 7) is 0. The zero-order valence-corrected chi connectivity index (χ0v) is 13.6. The van der Waals surface area contributed by atoms with Gasteiger partial charge in [-0.2, -0.15) is 5.10 Å². The van der Waals surface area contributed by atoms with Crippen LogP contribution in [0.25, 0.3) is 22.4 Å². The molecule has 2 aromatic heterocycles. The lowest BCUT2D eigenvalue weighted by Crippen LogP contribution is -2.10. The Balaban J connectivity index is 0.00000132. The number of nitrogens with one attached hydrogen (secondary N) is 1. The molecular weight excluding hydrogens is 316 g/mol. The molecule has 0 bridgehead atoms. The molecule has 0 amide bonds. The Hall–Kier alpha value is -2.41. The van der Waals surface area contributed by atoms with Crippen molar-refractivity contribution in [2.75, 3.05) is 19.0 Å². The Morgan fingerprint density at radius 2 is 1.52 bits per heavy atom. The lowest BCUT2D eigenvalue weighted by Gasteiger charge is -2.12. The summed E-state index contributed by atoms with van der Waals surface area (Å²) < 4.78 is 0. The molecule has 1 aromatic carbocycles. The first-order chi connectivity index (χ1) is 10.2. The van der Waals surface area contributed by atoms with Crippen LogP contribution in [0.5, 0.6) is 0 Å². The van der Waals surface area contributed by atoms with E-state index < -0.39 is 0 Å². The molecule has 5 N–H and O–H groups in total. The highest BCUT2D eigenvalue weighted by atomic mass is 35.5. The highest BCUT2D eigenvalue weighted by molar-refractivity contribution is 6.30. The van der Waals surface area contributed by atoms with Crippen LogP contribution in [0.15, 0.2) is 48.8 Å². The number of nitrogens with zero attached hydrogens (tertiary/aromatic N) is 3. The zero-order chi connectivity index (χ0) is 14.8. The van der Waals surface area contributed by atoms with Gasteiger partial charge in [0.05, 0.1) is 11.3 Å². The van der Waals surface area contributed by atoms with Gasteiger partial charge >= 0.3 is 0 Å². The summed E-state index contributed by atoms with van der Waals surface area (Å²) in [5, 5.41) is 8.29. The standard InChI is InChI=1S/C16H15ClN4.2H2O/c1-21(2)16-14(11-7-9-18-10-8-11)15(19-20-16)12-3-5-13(17)6-4-12;;/h3-10H,1-2H3,(H,19,20);2*1H2. The molecule has 0 saturated heterocycles. The van der Waals surface area contributed by atoms with Gasteiger partial charge in [-0.25, -0.2) is 0 Å². The molecule has 0 fully saturated rings. The van der Waals surface area contributed by atoms with E-state index in [1.54, 1.807) is 12.4 Å². The van der Waals surface area contributed by atoms with E-state index in [2.05, 4.69) is 15.2 Å². The summed E-state index contributed by atoms with van der Waals surface area (Å²) in [6, 6.07) is 11.7. The van der Waals surface area contributed by atoms with E-state index in [9.17, 15) is 0 Å². The fraction of sp³-hybridized carbons (Fsp3) is 0.125. The van der Waals surface area contributed by atoms with Crippen LogP contribution in [-0.4, -0.2) is 40.2 Å². The van der Waals surface area contributed by atoms with Crippen LogP contribution in [0.3, 0.4) is 0 Å². The van der Waals surface area contributed by atoms with Crippen molar-refractivity contribution in [2.24, 2.45) is 0 Å². The number of aromatic amines is 1. The molecule has 3 rings (SSSR count). The minimum atomic E-state index is 0. The second kappa shape index (κ2) is 7.73. The summed E-state index contributed by atoms with van der Waals surface area (Å²) in [5.41, 5.74) is 4.16. The Morgan fingerprint density at radius 3 is 2.09 bits per heavy atom. The van der Waals surface area contributed by atoms with E-state index in [1.807, 2.05) is 55.4 Å². The topological polar surface area (TPSA) is 108 Å². The van der Waals surface area contributed by atoms with Gasteiger partial charge in [-0.1, -0.05) is 23.7 Å². The van der Waals surface area contributed by atoms with Crippen molar-refractivity contribution >= 4 is 17.4 Å². The Kier molecular flexibility index (Phi) is 6.27. The number of pyridine rings is 1. The van der Waals surface area contributed by atoms with Crippen LogP contribution in [0.2, 0.25) is 5.02 Å². The van der Waals surface area contributed by atoms with Gasteiger partial charge in [0.2, 0.25) is 0 Å². The minimum absolute atomic E-state index is 0. The fourth-order valence-electron chi connectivity index (χ4n) is 2.27. The van der Waals surface area contributed by atoms with Crippen LogP contribution in [0, 0.1) is 0 Å². The average molecular weight is 335 g/mol. The fourth-order valence-corrected chi connectivity index (χ4v) is 2.40. The van der Waals surface area contributed by atoms with Crippen molar-refractivity contribution in [3.05, 3.63) is 53.8 Å². The Morgan fingerprint density at radius 1 is 0.913 bits per heavy atom. The molecule has 0 aliphatic rings. The van der Waals surface area contributed by atoms with Crippen molar-refractivity contribution in [1.29, 1.82) is 0 Å². The van der Waals surface area contributed by atoms with E-state index in [0.29, 0.717) is 0 Å². The second-order valence-electron chi connectivity index (χ2n) is 4.93. The normalized spacial score (nSPS) is 9.70. The molecule has 0 aliphatic heterocycles. The maximum atomic E-state index is 5.97. The SMILES string of the molecule is CN(C)c1n[nH]c(-c2ccc(Cl)cc2)c1-c1ccncc1.O.O. The van der Waals surface area contributed by atoms with E-state index in [-0.39, 0.29) is 11.0 Å². The summed E-state index contributed by atoms with van der Waals surface area (Å²) in [5.74, 6) is 0.895. The number of H-pyrrole nitrogens is 1. The number of rotatable bonds is 3. The third kappa shape index (κ3) is 3.68. The molecule has 0 aliphatic carbocycles. The smallest absolute Gasteiger partial charge is 0.158 e. The Labute approximate surface area is 139 Å². The molecule has 23 heavy (non-hydrogen) atoms. The highest BCUT2D eigenvalue weighted by Gasteiger charge is 2.17. The molecular formula is C16H19ClN4O2. The van der Waals surface area contributed by atoms with E-state index in [0.717, 1.165) is 33.2 Å². The molecule has 122 valence electrons. The van der Waals surface area contributed by atoms with Gasteiger partial charge in [0.25, 0.3) is 0 Å². The monoisotopic (exact) mass is 334 g/mol. The number of aromatic nitrogens is 3. The molecule has 6 nitrogen and oxygen atoms in total. The summed E-state index contributed by atoms with van der Waals surface area (Å²) in [7, 11) is 3.96. The van der Waals surface area contributed by atoms with Crippen molar-refractivity contribution in [3.63, 3.8) is 0 Å². The van der Waals surface area contributed by atoms with E-state index >= 15 is 0 Å². The summed E-state index contributed by atoms with van der Waals surface area (Å²) >= 11 is 5.97. The molecule has 0 unspecified atom stereocenters. The average Bonchev–Trinajstić information content (AvgIpc) is 2.94. The van der Waals surface area contributed by atoms with Gasteiger partial charge < -0.3 is 15.9 Å². The number of hydrogen-bond donors (Lipinski definition) is 1. The van der Waals surface area contributed by atoms with Gasteiger partial charge in [0.15, 0.2) is 5.82 Å². The Bertz CT molecular complexity index is 743. The maximum absolute atomic E-state index is 5.97. The first-order valence-electron chi connectivity index (χ1n) is 6.59. The van der Waals surface area contributed by atoms with Crippen LogP contribution < -0.4 is 4.90 Å². The maximum Gasteiger partial charge on any atom is 0.158 e. The summed E-state index contributed by atoms with van der Waals surface area (Å²) in [4.78, 5) is 6.07. The number of hydrogen-bond acceptors (Lipinski definition) is 3. The van der Waals surface area contributed by atoms with Crippen LogP contribution >= 0.6 is 11.6 Å². The van der Waals surface area contributed by atoms with Crippen LogP contribution in [-0.2, 0) is 0 Å². The third-order valence-electron chi connectivity index (χ3n) is 3.27. The lowest BCUT2D eigenvalue weighted by atomic mass is 10.0. The number of benzene rings is 1. The van der Waals surface area contributed by atoms with Gasteiger partial charge in [0, 0.05) is 37.1 Å². The van der Waals surface area contributed by atoms with Gasteiger partial charge in [-0.15, -0.1) is 0 Å². The van der Waals surface area contributed by atoms with Crippen molar-refractivity contribution < 1.29 is 11.0 Å². The first-order valence-corrected chi connectivity index (χ1v) is 6.96. The number of halogens is 1. The minimum Gasteiger partial charge on any atom is -0.412 e. The van der Waals surface area contributed by atoms with Crippen molar-refractivity contribution in [3.8, 4) is 22.4 Å². The van der Waals surface area contributed by atoms with Crippen LogP contribution in [0.1, 0.15) is 0 Å². The molecule has 2 heterocycles. The lowest BCUT2D eigenvalue weighted by molar-refractivity contribution is 0.823. The molecule has 7 heteroatoms. The molecule has 0 spiro atoms. The third-order valence-corrected chi connectivity index (χ3v) is 3.52. The molecule has 0 saturated carbocycles. The van der Waals surface area contributed by atoms with E-state index in [4.69, 9.17) is 11.6 Å². The first kappa shape index (κ1) is 18.6. The predicted octanol–water partition coefficient (Wildman–Crippen LogP) is 2.21. The largest absolute Gasteiger partial charge is 0.412 e. The highest BCUT2D eigenvalue weighted by Crippen LogP contribution is 2.37. The van der Waals surface area contributed by atoms with Gasteiger partial charge in [0.1, 0.15) is 0 Å². The van der Waals surface area contributed by atoms with Crippen molar-refractivity contribution in [1.82, 2.24) is 15.2 Å². The number of anilines is 1. The van der Waals surface area contributed by atoms with Crippen LogP contribution in [0.4, 0.5) is 5.82 Å². The molecule has 0 atom stereocenters.